The van der Waals surface area contributed by atoms with Crippen molar-refractivity contribution in [2.24, 2.45) is 0 Å². The van der Waals surface area contributed by atoms with E-state index in [9.17, 15) is 0 Å². The van der Waals surface area contributed by atoms with Crippen LogP contribution in [0, 0.1) is 0 Å². The lowest BCUT2D eigenvalue weighted by molar-refractivity contribution is 0.154. The molecule has 0 unspecified atom stereocenters. The van der Waals surface area contributed by atoms with Crippen molar-refractivity contribution in [2.75, 3.05) is 64.1 Å². The molecule has 4 heterocycles. The van der Waals surface area contributed by atoms with Gasteiger partial charge in [0.15, 0.2) is 17.3 Å². The highest BCUT2D eigenvalue weighted by atomic mass is 35.5. The second-order valence-corrected chi connectivity index (χ2v) is 9.80. The lowest BCUT2D eigenvalue weighted by Gasteiger charge is -2.32. The number of nitrogens with zero attached hydrogens (tertiary/aromatic N) is 7. The maximum absolute atomic E-state index is 6.33. The van der Waals surface area contributed by atoms with E-state index in [4.69, 9.17) is 21.3 Å². The number of ether oxygens (including phenoxy) is 1. The van der Waals surface area contributed by atoms with Crippen molar-refractivity contribution in [2.45, 2.75) is 26.4 Å². The fraction of sp³-hybridized carbons (Fsp3) is 0.462. The molecule has 0 saturated carbocycles. The molecule has 1 fully saturated rings. The topological polar surface area (TPSA) is 96.3 Å². The Balaban J connectivity index is 1.37. The summed E-state index contributed by atoms with van der Waals surface area (Å²) in [6, 6.07) is 5.74. The van der Waals surface area contributed by atoms with Crippen LogP contribution in [0.5, 0.6) is 5.75 Å². The molecule has 0 bridgehead atoms. The van der Waals surface area contributed by atoms with Crippen molar-refractivity contribution in [3.63, 3.8) is 0 Å². The molecule has 1 saturated heterocycles. The maximum atomic E-state index is 6.33. The van der Waals surface area contributed by atoms with E-state index < -0.39 is 0 Å². The highest BCUT2D eigenvalue weighted by molar-refractivity contribution is 6.32. The van der Waals surface area contributed by atoms with Crippen molar-refractivity contribution in [3.8, 4) is 5.75 Å². The quantitative estimate of drug-likeness (QED) is 0.301. The molecule has 0 aliphatic carbocycles. The highest BCUT2D eigenvalue weighted by Crippen LogP contribution is 2.32. The van der Waals surface area contributed by atoms with Gasteiger partial charge in [0.25, 0.3) is 0 Å². The Morgan fingerprint density at radius 2 is 1.84 bits per heavy atom. The fourth-order valence-corrected chi connectivity index (χ4v) is 5.02. The third-order valence-corrected chi connectivity index (χ3v) is 7.22. The number of fused-ring (bicyclic) bond motifs is 3. The molecule has 5 rings (SSSR count). The molecule has 10 nitrogen and oxygen atoms in total. The number of hydrogen-bond donors (Lipinski definition) is 2. The summed E-state index contributed by atoms with van der Waals surface area (Å²) in [5.74, 6) is 2.08. The summed E-state index contributed by atoms with van der Waals surface area (Å²) < 4.78 is 7.17. The van der Waals surface area contributed by atoms with Gasteiger partial charge in [-0.2, -0.15) is 5.10 Å². The Bertz CT molecular complexity index is 1370. The molecule has 11 heteroatoms. The predicted molar refractivity (Wildman–Crippen MR) is 149 cm³/mol. The average Bonchev–Trinajstić information content (AvgIpc) is 3.35. The van der Waals surface area contributed by atoms with Gasteiger partial charge < -0.3 is 25.2 Å². The summed E-state index contributed by atoms with van der Waals surface area (Å²) in [6.45, 7) is 9.75. The van der Waals surface area contributed by atoms with Gasteiger partial charge in [0.05, 0.1) is 23.7 Å². The molecule has 1 aromatic carbocycles. The third-order valence-electron chi connectivity index (χ3n) is 6.92. The molecular weight excluding hydrogens is 490 g/mol. The SMILES string of the molecule is CCn1ncc2c3c(NCc4ccc(OC)c(Cl)c4)nnc(NCCCN4CCN(C)CC4)c3cnc21. The normalized spacial score (nSPS) is 14.9. The van der Waals surface area contributed by atoms with Crippen molar-refractivity contribution < 1.29 is 4.74 Å². The molecule has 0 radical (unpaired) electrons. The number of aryl methyl sites for hydroxylation is 1. The molecule has 37 heavy (non-hydrogen) atoms. The lowest BCUT2D eigenvalue weighted by Crippen LogP contribution is -2.44. The molecule has 1 aliphatic rings. The zero-order valence-electron chi connectivity index (χ0n) is 21.7. The minimum Gasteiger partial charge on any atom is -0.495 e. The van der Waals surface area contributed by atoms with Crippen LogP contribution in [-0.2, 0) is 13.1 Å². The molecule has 1 aliphatic heterocycles. The largest absolute Gasteiger partial charge is 0.495 e. The van der Waals surface area contributed by atoms with Crippen molar-refractivity contribution in [3.05, 3.63) is 41.2 Å². The number of pyridine rings is 1. The summed E-state index contributed by atoms with van der Waals surface area (Å²) in [6.07, 6.45) is 4.77. The number of aromatic nitrogens is 5. The summed E-state index contributed by atoms with van der Waals surface area (Å²) in [5, 5.41) is 24.0. The standard InChI is InChI=1S/C26H34ClN9O/c1-4-36-26-20(17-31-36)23-19(16-30-26)24(28-8-5-9-35-12-10-34(2)11-13-35)32-33-25(23)29-15-18-6-7-22(37-3)21(27)14-18/h6-7,14,16-17H,4-5,8-13,15H2,1-3H3,(H,28,32)(H,29,33). The number of halogens is 1. The van der Waals surface area contributed by atoms with Gasteiger partial charge in [-0.3, -0.25) is 0 Å². The minimum atomic E-state index is 0.539. The van der Waals surface area contributed by atoms with E-state index in [1.54, 1.807) is 7.11 Å². The van der Waals surface area contributed by atoms with Crippen LogP contribution in [0.15, 0.2) is 30.6 Å². The summed E-state index contributed by atoms with van der Waals surface area (Å²) >= 11 is 6.33. The van der Waals surface area contributed by atoms with Crippen LogP contribution in [0.2, 0.25) is 5.02 Å². The van der Waals surface area contributed by atoms with Gasteiger partial charge in [-0.05, 0) is 44.6 Å². The van der Waals surface area contributed by atoms with Crippen molar-refractivity contribution in [1.29, 1.82) is 0 Å². The first-order chi connectivity index (χ1) is 18.1. The van der Waals surface area contributed by atoms with Gasteiger partial charge in [0.2, 0.25) is 0 Å². The monoisotopic (exact) mass is 523 g/mol. The Labute approximate surface area is 221 Å². The molecule has 4 aromatic rings. The van der Waals surface area contributed by atoms with Crippen LogP contribution in [-0.4, -0.2) is 88.2 Å². The Morgan fingerprint density at radius 3 is 2.59 bits per heavy atom. The van der Waals surface area contributed by atoms with E-state index in [1.165, 1.54) is 0 Å². The van der Waals surface area contributed by atoms with E-state index in [-0.39, 0.29) is 0 Å². The molecule has 0 spiro atoms. The number of methoxy groups -OCH3 is 1. The van der Waals surface area contributed by atoms with E-state index in [1.807, 2.05) is 35.3 Å². The van der Waals surface area contributed by atoms with Crippen LogP contribution in [0.1, 0.15) is 18.9 Å². The number of anilines is 2. The van der Waals surface area contributed by atoms with Crippen LogP contribution in [0.3, 0.4) is 0 Å². The van der Waals surface area contributed by atoms with Gasteiger partial charge in [0.1, 0.15) is 5.75 Å². The lowest BCUT2D eigenvalue weighted by atomic mass is 10.1. The van der Waals surface area contributed by atoms with Crippen LogP contribution < -0.4 is 15.4 Å². The van der Waals surface area contributed by atoms with Crippen LogP contribution in [0.4, 0.5) is 11.6 Å². The van der Waals surface area contributed by atoms with Crippen LogP contribution in [0.25, 0.3) is 21.8 Å². The van der Waals surface area contributed by atoms with Gasteiger partial charge in [-0.15, -0.1) is 10.2 Å². The zero-order chi connectivity index (χ0) is 25.8. The average molecular weight is 524 g/mol. The van der Waals surface area contributed by atoms with E-state index >= 15 is 0 Å². The number of nitrogens with one attached hydrogen (secondary N) is 2. The molecule has 0 amide bonds. The van der Waals surface area contributed by atoms with Gasteiger partial charge in [0, 0.05) is 62.8 Å². The molecule has 0 atom stereocenters. The molecular formula is C26H34ClN9O. The third kappa shape index (κ3) is 5.56. The molecule has 3 aromatic heterocycles. The van der Waals surface area contributed by atoms with Crippen molar-refractivity contribution >= 4 is 45.0 Å². The smallest absolute Gasteiger partial charge is 0.158 e. The maximum Gasteiger partial charge on any atom is 0.158 e. The van der Waals surface area contributed by atoms with E-state index in [0.29, 0.717) is 23.1 Å². The first-order valence-corrected chi connectivity index (χ1v) is 13.2. The minimum absolute atomic E-state index is 0.539. The van der Waals surface area contributed by atoms with Gasteiger partial charge in [-0.1, -0.05) is 17.7 Å². The second-order valence-electron chi connectivity index (χ2n) is 9.39. The Hall–Kier alpha value is -3.21. The number of benzene rings is 1. The summed E-state index contributed by atoms with van der Waals surface area (Å²) in [4.78, 5) is 9.62. The molecule has 196 valence electrons. The first kappa shape index (κ1) is 25.4. The summed E-state index contributed by atoms with van der Waals surface area (Å²) in [5.41, 5.74) is 1.85. The second kappa shape index (κ2) is 11.5. The highest BCUT2D eigenvalue weighted by Gasteiger charge is 2.17. The Morgan fingerprint density at radius 1 is 1.03 bits per heavy atom. The van der Waals surface area contributed by atoms with Gasteiger partial charge >= 0.3 is 0 Å². The Kier molecular flexibility index (Phi) is 7.87. The fourth-order valence-electron chi connectivity index (χ4n) is 4.74. The predicted octanol–water partition coefficient (Wildman–Crippen LogP) is 3.72. The first-order valence-electron chi connectivity index (χ1n) is 12.8. The van der Waals surface area contributed by atoms with Crippen LogP contribution >= 0.6 is 11.6 Å². The number of likely N-dealkylation sites (N-methyl/N-ethyl adjacent to an activating group) is 1. The van der Waals surface area contributed by atoms with Gasteiger partial charge in [-0.25, -0.2) is 9.67 Å². The zero-order valence-corrected chi connectivity index (χ0v) is 22.4. The number of piperazine rings is 1. The molecule has 2 N–H and O–H groups in total. The number of rotatable bonds is 10. The number of hydrogen-bond acceptors (Lipinski definition) is 9. The van der Waals surface area contributed by atoms with Crippen molar-refractivity contribution in [1.82, 2.24) is 34.8 Å². The summed E-state index contributed by atoms with van der Waals surface area (Å²) in [7, 11) is 3.79. The van der Waals surface area contributed by atoms with E-state index in [2.05, 4.69) is 49.7 Å². The van der Waals surface area contributed by atoms with E-state index in [0.717, 1.165) is 85.4 Å².